The van der Waals surface area contributed by atoms with Crippen LogP contribution in [-0.4, -0.2) is 11.9 Å². The van der Waals surface area contributed by atoms with Gasteiger partial charge in [-0.25, -0.2) is 0 Å². The second kappa shape index (κ2) is 5.07. The second-order valence-corrected chi connectivity index (χ2v) is 5.05. The summed E-state index contributed by atoms with van der Waals surface area (Å²) in [5, 5.41) is 14.2. The predicted octanol–water partition coefficient (Wildman–Crippen LogP) is 2.20. The molecule has 0 fully saturated rings. The number of hydrogen-bond donors (Lipinski definition) is 1. The van der Waals surface area contributed by atoms with Gasteiger partial charge in [-0.3, -0.25) is 4.79 Å². The number of nitrogens with one attached hydrogen (secondary N) is 1. The second-order valence-electron chi connectivity index (χ2n) is 4.61. The summed E-state index contributed by atoms with van der Waals surface area (Å²) in [7, 11) is 0. The third-order valence-corrected chi connectivity index (χ3v) is 3.47. The summed E-state index contributed by atoms with van der Waals surface area (Å²) in [6, 6.07) is 11.4. The summed E-state index contributed by atoms with van der Waals surface area (Å²) in [5.41, 5.74) is 2.39. The zero-order valence-electron chi connectivity index (χ0n) is 10.7. The quantitative estimate of drug-likeness (QED) is 0.864. The topological polar surface area (TPSA) is 69.2 Å². The zero-order valence-corrected chi connectivity index (χ0v) is 11.5. The van der Waals surface area contributed by atoms with Crippen molar-refractivity contribution in [2.75, 3.05) is 5.32 Å². The Labute approximate surface area is 125 Å². The van der Waals surface area contributed by atoms with E-state index in [2.05, 4.69) is 5.32 Å². The number of hydrogen-bond acceptors (Lipinski definition) is 3. The van der Waals surface area contributed by atoms with E-state index in [-0.39, 0.29) is 11.5 Å². The van der Waals surface area contributed by atoms with Gasteiger partial charge >= 0.3 is 0 Å². The molecule has 0 saturated carbocycles. The van der Waals surface area contributed by atoms with E-state index in [1.165, 1.54) is 12.1 Å². The molecule has 1 N–H and O–H groups in total. The lowest BCUT2D eigenvalue weighted by Gasteiger charge is -2.05. The summed E-state index contributed by atoms with van der Waals surface area (Å²) in [6.45, 7) is 0. The van der Waals surface area contributed by atoms with Gasteiger partial charge in [-0.2, -0.15) is 0 Å². The highest BCUT2D eigenvalue weighted by Crippen LogP contribution is 2.33. The standard InChI is InChI=1S/C16H10ClNO3/c17-11-4-1-9(2-5-11)7-13-12-8-10(16(20)21)3-6-14(12)18-15(13)19/h1-8H,(H,18,19)(H,20,21)/p-1/b13-7-. The molecule has 5 heteroatoms. The van der Waals surface area contributed by atoms with E-state index >= 15 is 0 Å². The number of fused-ring (bicyclic) bond motifs is 1. The number of aromatic carboxylic acids is 1. The van der Waals surface area contributed by atoms with Crippen molar-refractivity contribution in [1.82, 2.24) is 0 Å². The van der Waals surface area contributed by atoms with Gasteiger partial charge in [-0.1, -0.05) is 29.8 Å². The van der Waals surface area contributed by atoms with Gasteiger partial charge in [0.05, 0.1) is 5.97 Å². The highest BCUT2D eigenvalue weighted by Gasteiger charge is 2.24. The number of carbonyl (C=O) groups is 2. The fraction of sp³-hybridized carbons (Fsp3) is 0. The van der Waals surface area contributed by atoms with Gasteiger partial charge in [0.15, 0.2) is 0 Å². The van der Waals surface area contributed by atoms with Crippen LogP contribution in [0.1, 0.15) is 21.5 Å². The molecular weight excluding hydrogens is 290 g/mol. The van der Waals surface area contributed by atoms with Crippen LogP contribution in [0.5, 0.6) is 0 Å². The number of carboxylic acids is 1. The minimum atomic E-state index is -1.28. The molecule has 1 heterocycles. The highest BCUT2D eigenvalue weighted by atomic mass is 35.5. The van der Waals surface area contributed by atoms with Crippen LogP contribution in [0.3, 0.4) is 0 Å². The molecule has 0 spiro atoms. The first-order valence-corrected chi connectivity index (χ1v) is 6.57. The molecule has 1 aliphatic heterocycles. The van der Waals surface area contributed by atoms with Crippen LogP contribution >= 0.6 is 11.6 Å². The van der Waals surface area contributed by atoms with Crippen LogP contribution in [0, 0.1) is 0 Å². The largest absolute Gasteiger partial charge is 0.545 e. The summed E-state index contributed by atoms with van der Waals surface area (Å²) in [4.78, 5) is 22.9. The van der Waals surface area contributed by atoms with Gasteiger partial charge in [-0.15, -0.1) is 0 Å². The maximum Gasteiger partial charge on any atom is 0.256 e. The van der Waals surface area contributed by atoms with Gasteiger partial charge in [0.25, 0.3) is 5.91 Å². The van der Waals surface area contributed by atoms with E-state index in [4.69, 9.17) is 11.6 Å². The average Bonchev–Trinajstić information content (AvgIpc) is 2.77. The monoisotopic (exact) mass is 298 g/mol. The van der Waals surface area contributed by atoms with Crippen molar-refractivity contribution in [1.29, 1.82) is 0 Å². The molecule has 2 aromatic rings. The minimum Gasteiger partial charge on any atom is -0.545 e. The third-order valence-electron chi connectivity index (χ3n) is 3.22. The molecule has 0 atom stereocenters. The number of rotatable bonds is 2. The Morgan fingerprint density at radius 2 is 1.86 bits per heavy atom. The fourth-order valence-electron chi connectivity index (χ4n) is 2.18. The minimum absolute atomic E-state index is 0.0345. The summed E-state index contributed by atoms with van der Waals surface area (Å²) >= 11 is 5.82. The number of amides is 1. The van der Waals surface area contributed by atoms with E-state index in [9.17, 15) is 14.7 Å². The Morgan fingerprint density at radius 3 is 2.52 bits per heavy atom. The van der Waals surface area contributed by atoms with Crippen molar-refractivity contribution in [3.05, 3.63) is 64.2 Å². The Morgan fingerprint density at radius 1 is 1.14 bits per heavy atom. The Balaban J connectivity index is 2.09. The maximum absolute atomic E-state index is 12.0. The van der Waals surface area contributed by atoms with Crippen molar-refractivity contribution >= 4 is 40.8 Å². The molecule has 0 unspecified atom stereocenters. The van der Waals surface area contributed by atoms with Gasteiger partial charge in [0.1, 0.15) is 0 Å². The smallest absolute Gasteiger partial charge is 0.256 e. The Hall–Kier alpha value is -2.59. The molecule has 104 valence electrons. The van der Waals surface area contributed by atoms with Crippen molar-refractivity contribution in [3.8, 4) is 0 Å². The van der Waals surface area contributed by atoms with Crippen molar-refractivity contribution in [2.24, 2.45) is 0 Å². The summed E-state index contributed by atoms with van der Waals surface area (Å²) < 4.78 is 0. The van der Waals surface area contributed by atoms with E-state index in [1.54, 1.807) is 36.4 Å². The SMILES string of the molecule is O=C1Nc2ccc(C(=O)[O-])cc2/C1=C/c1ccc(Cl)cc1. The van der Waals surface area contributed by atoms with Crippen LogP contribution in [0.25, 0.3) is 11.6 Å². The number of anilines is 1. The molecule has 0 aromatic heterocycles. The van der Waals surface area contributed by atoms with Crippen LogP contribution in [-0.2, 0) is 4.79 Å². The van der Waals surface area contributed by atoms with Gasteiger partial charge in [0.2, 0.25) is 0 Å². The number of benzene rings is 2. The lowest BCUT2D eigenvalue weighted by Crippen LogP contribution is -2.22. The number of carboxylic acid groups (broad SMARTS) is 1. The van der Waals surface area contributed by atoms with Gasteiger partial charge in [0, 0.05) is 21.8 Å². The molecule has 4 nitrogen and oxygen atoms in total. The predicted molar refractivity (Wildman–Crippen MR) is 78.7 cm³/mol. The normalized spacial score (nSPS) is 14.9. The third kappa shape index (κ3) is 2.53. The molecule has 21 heavy (non-hydrogen) atoms. The van der Waals surface area contributed by atoms with Crippen LogP contribution in [0.15, 0.2) is 42.5 Å². The van der Waals surface area contributed by atoms with Crippen molar-refractivity contribution in [2.45, 2.75) is 0 Å². The highest BCUT2D eigenvalue weighted by molar-refractivity contribution is 6.35. The van der Waals surface area contributed by atoms with E-state index in [1.807, 2.05) is 0 Å². The van der Waals surface area contributed by atoms with Crippen molar-refractivity contribution < 1.29 is 14.7 Å². The molecule has 2 aromatic carbocycles. The summed E-state index contributed by atoms with van der Waals surface area (Å²) in [5.74, 6) is -1.54. The first-order valence-electron chi connectivity index (χ1n) is 6.19. The molecule has 0 radical (unpaired) electrons. The average molecular weight is 299 g/mol. The molecule has 1 aliphatic rings. The van der Waals surface area contributed by atoms with E-state index in [0.717, 1.165) is 5.56 Å². The number of carbonyl (C=O) groups excluding carboxylic acids is 2. The Kier molecular flexibility index (Phi) is 3.23. The molecule has 3 rings (SSSR count). The van der Waals surface area contributed by atoms with Gasteiger partial charge in [-0.05, 0) is 41.5 Å². The first-order chi connectivity index (χ1) is 10.0. The molecular formula is C16H9ClNO3-. The Bertz CT molecular complexity index is 779. The van der Waals surface area contributed by atoms with Crippen LogP contribution in [0.4, 0.5) is 5.69 Å². The molecule has 0 saturated heterocycles. The number of halogens is 1. The first kappa shape index (κ1) is 13.4. The lowest BCUT2D eigenvalue weighted by atomic mass is 10.0. The molecule has 1 amide bonds. The van der Waals surface area contributed by atoms with E-state index in [0.29, 0.717) is 21.8 Å². The molecule has 0 bridgehead atoms. The lowest BCUT2D eigenvalue weighted by molar-refractivity contribution is -0.255. The van der Waals surface area contributed by atoms with Crippen LogP contribution in [0.2, 0.25) is 5.02 Å². The van der Waals surface area contributed by atoms with E-state index < -0.39 is 5.97 Å². The molecule has 0 aliphatic carbocycles. The van der Waals surface area contributed by atoms with Crippen molar-refractivity contribution in [3.63, 3.8) is 0 Å². The maximum atomic E-state index is 12.0. The zero-order chi connectivity index (χ0) is 15.0. The van der Waals surface area contributed by atoms with Crippen LogP contribution < -0.4 is 10.4 Å². The van der Waals surface area contributed by atoms with Gasteiger partial charge < -0.3 is 15.2 Å². The summed E-state index contributed by atoms with van der Waals surface area (Å²) in [6.07, 6.45) is 1.69. The fourth-order valence-corrected chi connectivity index (χ4v) is 2.31.